The van der Waals surface area contributed by atoms with Gasteiger partial charge in [-0.15, -0.1) is 0 Å². The highest BCUT2D eigenvalue weighted by Gasteiger charge is 2.17. The van der Waals surface area contributed by atoms with Crippen molar-refractivity contribution in [2.75, 3.05) is 0 Å². The molecule has 0 bridgehead atoms. The van der Waals surface area contributed by atoms with Crippen LogP contribution < -0.4 is 0 Å². The highest BCUT2D eigenvalue weighted by molar-refractivity contribution is 6.12. The van der Waals surface area contributed by atoms with Crippen LogP contribution in [0.1, 0.15) is 0 Å². The van der Waals surface area contributed by atoms with E-state index in [-0.39, 0.29) is 0 Å². The van der Waals surface area contributed by atoms with Gasteiger partial charge in [-0.2, -0.15) is 0 Å². The summed E-state index contributed by atoms with van der Waals surface area (Å²) in [5.41, 5.74) is 10.8. The predicted molar refractivity (Wildman–Crippen MR) is 198 cm³/mol. The molecule has 6 aromatic carbocycles. The van der Waals surface area contributed by atoms with Crippen LogP contribution in [-0.2, 0) is 0 Å². The normalized spacial score (nSPS) is 11.3. The summed E-state index contributed by atoms with van der Waals surface area (Å²) in [6.45, 7) is 0. The third-order valence-electron chi connectivity index (χ3n) is 8.83. The molecule has 0 spiro atoms. The van der Waals surface area contributed by atoms with Gasteiger partial charge in [0, 0.05) is 34.2 Å². The lowest BCUT2D eigenvalue weighted by molar-refractivity contribution is 0.668. The maximum absolute atomic E-state index is 6.44. The second-order valence-corrected chi connectivity index (χ2v) is 11.9. The smallest absolute Gasteiger partial charge is 0.182 e. The minimum absolute atomic E-state index is 0.482. The van der Waals surface area contributed by atoms with Crippen LogP contribution in [0.15, 0.2) is 174 Å². The fourth-order valence-electron chi connectivity index (χ4n) is 6.34. The molecule has 5 heteroatoms. The van der Waals surface area contributed by atoms with Crippen LogP contribution in [0.25, 0.3) is 89.6 Å². The first-order valence-corrected chi connectivity index (χ1v) is 16.2. The van der Waals surface area contributed by atoms with Crippen LogP contribution in [-0.4, -0.2) is 19.9 Å². The average molecular weight is 629 g/mol. The number of fused-ring (bicyclic) bond motifs is 3. The van der Waals surface area contributed by atoms with Crippen molar-refractivity contribution in [3.05, 3.63) is 170 Å². The molecule has 0 saturated carbocycles. The van der Waals surface area contributed by atoms with E-state index in [4.69, 9.17) is 24.4 Å². The van der Waals surface area contributed by atoms with E-state index in [1.807, 2.05) is 79.0 Å². The summed E-state index contributed by atoms with van der Waals surface area (Å²) >= 11 is 0. The van der Waals surface area contributed by atoms with E-state index in [2.05, 4.69) is 91.0 Å². The maximum atomic E-state index is 6.44. The molecule has 0 saturated heterocycles. The Balaban J connectivity index is 1.13. The molecule has 230 valence electrons. The first-order chi connectivity index (χ1) is 24.3. The van der Waals surface area contributed by atoms with Crippen molar-refractivity contribution < 1.29 is 4.42 Å². The highest BCUT2D eigenvalue weighted by atomic mass is 16.3. The molecule has 9 rings (SSSR count). The van der Waals surface area contributed by atoms with Crippen LogP contribution >= 0.6 is 0 Å². The Morgan fingerprint density at radius 3 is 1.43 bits per heavy atom. The average Bonchev–Trinajstić information content (AvgIpc) is 3.57. The van der Waals surface area contributed by atoms with Gasteiger partial charge in [0.1, 0.15) is 16.9 Å². The molecule has 3 heterocycles. The van der Waals surface area contributed by atoms with Crippen molar-refractivity contribution in [2.45, 2.75) is 0 Å². The third kappa shape index (κ3) is 5.43. The number of benzene rings is 6. The summed E-state index contributed by atoms with van der Waals surface area (Å²) in [5, 5.41) is 1.97. The molecule has 0 unspecified atom stereocenters. The van der Waals surface area contributed by atoms with Gasteiger partial charge in [0.05, 0.1) is 0 Å². The predicted octanol–water partition coefficient (Wildman–Crippen LogP) is 11.2. The molecule has 0 amide bonds. The molecule has 0 aliphatic heterocycles. The number of pyridine rings is 1. The van der Waals surface area contributed by atoms with Crippen LogP contribution in [0.2, 0.25) is 0 Å². The Kier molecular flexibility index (Phi) is 7.06. The molecular weight excluding hydrogens is 601 g/mol. The molecule has 3 aromatic heterocycles. The van der Waals surface area contributed by atoms with E-state index >= 15 is 0 Å². The van der Waals surface area contributed by atoms with E-state index in [9.17, 15) is 0 Å². The summed E-state index contributed by atoms with van der Waals surface area (Å²) in [4.78, 5) is 19.6. The van der Waals surface area contributed by atoms with Gasteiger partial charge >= 0.3 is 0 Å². The van der Waals surface area contributed by atoms with Crippen molar-refractivity contribution in [2.24, 2.45) is 0 Å². The van der Waals surface area contributed by atoms with Crippen molar-refractivity contribution in [3.63, 3.8) is 0 Å². The zero-order valence-electron chi connectivity index (χ0n) is 26.4. The number of nitrogens with zero attached hydrogens (tertiary/aromatic N) is 4. The van der Waals surface area contributed by atoms with E-state index < -0.39 is 0 Å². The minimum Gasteiger partial charge on any atom is -0.456 e. The monoisotopic (exact) mass is 628 g/mol. The van der Waals surface area contributed by atoms with Crippen molar-refractivity contribution in [1.29, 1.82) is 0 Å². The highest BCUT2D eigenvalue weighted by Crippen LogP contribution is 2.38. The van der Waals surface area contributed by atoms with E-state index in [0.717, 1.165) is 55.3 Å². The minimum atomic E-state index is 0.482. The molecular formula is C44H28N4O. The summed E-state index contributed by atoms with van der Waals surface area (Å²) in [7, 11) is 0. The fraction of sp³-hybridized carbons (Fsp3) is 0. The topological polar surface area (TPSA) is 64.7 Å². The molecule has 0 fully saturated rings. The second kappa shape index (κ2) is 12.1. The number of hydrogen-bond acceptors (Lipinski definition) is 5. The first kappa shape index (κ1) is 28.5. The Morgan fingerprint density at radius 1 is 0.367 bits per heavy atom. The molecule has 9 aromatic rings. The zero-order chi connectivity index (χ0) is 32.6. The van der Waals surface area contributed by atoms with Gasteiger partial charge in [-0.3, -0.25) is 4.98 Å². The lowest BCUT2D eigenvalue weighted by atomic mass is 9.97. The van der Waals surface area contributed by atoms with Crippen LogP contribution in [0, 0.1) is 0 Å². The van der Waals surface area contributed by atoms with Crippen LogP contribution in [0.3, 0.4) is 0 Å². The molecule has 0 N–H and O–H groups in total. The Morgan fingerprint density at radius 2 is 0.837 bits per heavy atom. The molecule has 0 atom stereocenters. The summed E-state index contributed by atoms with van der Waals surface area (Å²) in [6, 6.07) is 55.8. The lowest BCUT2D eigenvalue weighted by Gasteiger charge is -2.09. The van der Waals surface area contributed by atoms with Crippen molar-refractivity contribution in [3.8, 4) is 67.7 Å². The molecule has 5 nitrogen and oxygen atoms in total. The summed E-state index contributed by atoms with van der Waals surface area (Å²) < 4.78 is 6.44. The number of rotatable bonds is 6. The lowest BCUT2D eigenvalue weighted by Crippen LogP contribution is -2.01. The van der Waals surface area contributed by atoms with Gasteiger partial charge in [0.25, 0.3) is 0 Å². The standard InChI is InChI=1S/C44H28N4O/c1-4-11-29(12-5-1)31-19-23-33(24-20-31)36-17-10-18-39-41(36)37-28-45-38(27-40(37)49-39)44-47-42(34-15-8-3-9-16-34)46-43(48-44)35-25-21-32(22-26-35)30-13-6-2-7-14-30/h1-28H. The van der Waals surface area contributed by atoms with Gasteiger partial charge in [-0.05, 0) is 39.4 Å². The molecule has 0 radical (unpaired) electrons. The van der Waals surface area contributed by atoms with Crippen molar-refractivity contribution in [1.82, 2.24) is 19.9 Å². The van der Waals surface area contributed by atoms with Gasteiger partial charge in [0.15, 0.2) is 17.5 Å². The van der Waals surface area contributed by atoms with Gasteiger partial charge in [-0.25, -0.2) is 15.0 Å². The van der Waals surface area contributed by atoms with Gasteiger partial charge in [-0.1, -0.05) is 152 Å². The Labute approximate surface area is 283 Å². The Hall–Kier alpha value is -6.72. The Bertz CT molecular complexity index is 2560. The quantitative estimate of drug-likeness (QED) is 0.183. The second-order valence-electron chi connectivity index (χ2n) is 11.9. The first-order valence-electron chi connectivity index (χ1n) is 16.2. The SMILES string of the molecule is c1ccc(-c2ccc(-c3nc(-c4ccccc4)nc(-c4cc5oc6cccc(-c7ccc(-c8ccccc8)cc7)c6c5cn4)n3)cc2)cc1. The van der Waals surface area contributed by atoms with Gasteiger partial charge < -0.3 is 4.42 Å². The summed E-state index contributed by atoms with van der Waals surface area (Å²) in [6.07, 6.45) is 1.87. The molecule has 0 aliphatic carbocycles. The van der Waals surface area contributed by atoms with E-state index in [1.54, 1.807) is 0 Å². The van der Waals surface area contributed by atoms with E-state index in [0.29, 0.717) is 23.2 Å². The number of furan rings is 1. The molecule has 49 heavy (non-hydrogen) atoms. The summed E-state index contributed by atoms with van der Waals surface area (Å²) in [5.74, 6) is 1.65. The maximum Gasteiger partial charge on any atom is 0.182 e. The third-order valence-corrected chi connectivity index (χ3v) is 8.83. The molecule has 0 aliphatic rings. The number of aromatic nitrogens is 4. The fourth-order valence-corrected chi connectivity index (χ4v) is 6.34. The van der Waals surface area contributed by atoms with Crippen LogP contribution in [0.4, 0.5) is 0 Å². The van der Waals surface area contributed by atoms with E-state index in [1.165, 1.54) is 11.1 Å². The zero-order valence-corrected chi connectivity index (χ0v) is 26.4. The van der Waals surface area contributed by atoms with Crippen molar-refractivity contribution >= 4 is 21.9 Å². The van der Waals surface area contributed by atoms with Crippen LogP contribution in [0.5, 0.6) is 0 Å². The largest absolute Gasteiger partial charge is 0.456 e. The van der Waals surface area contributed by atoms with Gasteiger partial charge in [0.2, 0.25) is 0 Å². The number of hydrogen-bond donors (Lipinski definition) is 0.